The molecule has 2 rings (SSSR count). The van der Waals surface area contributed by atoms with Gasteiger partial charge in [0.25, 0.3) is 0 Å². The van der Waals surface area contributed by atoms with Crippen LogP contribution in [-0.4, -0.2) is 29.2 Å². The van der Waals surface area contributed by atoms with Gasteiger partial charge in [0.15, 0.2) is 0 Å². The van der Waals surface area contributed by atoms with Gasteiger partial charge in [0.2, 0.25) is 0 Å². The average Bonchev–Trinajstić information content (AvgIpc) is 3.04. The molecule has 0 bridgehead atoms. The molecular formula is C15H21NOS. The number of hydrogen-bond donors (Lipinski definition) is 1. The minimum absolute atomic E-state index is 0.0645. The summed E-state index contributed by atoms with van der Waals surface area (Å²) in [5.41, 5.74) is 1.03. The molecule has 0 radical (unpaired) electrons. The van der Waals surface area contributed by atoms with Gasteiger partial charge in [0.05, 0.1) is 0 Å². The van der Waals surface area contributed by atoms with Crippen LogP contribution in [-0.2, 0) is 6.54 Å². The van der Waals surface area contributed by atoms with E-state index in [0.29, 0.717) is 6.04 Å². The summed E-state index contributed by atoms with van der Waals surface area (Å²) in [4.78, 5) is 3.92. The van der Waals surface area contributed by atoms with Crippen molar-refractivity contribution >= 4 is 11.3 Å². The van der Waals surface area contributed by atoms with Crippen molar-refractivity contribution in [3.05, 3.63) is 21.9 Å². The molecule has 3 heteroatoms. The number of thiophene rings is 1. The smallest absolute Gasteiger partial charge is 0.104 e. The minimum atomic E-state index is -0.0645. The highest BCUT2D eigenvalue weighted by Gasteiger charge is 2.25. The van der Waals surface area contributed by atoms with Gasteiger partial charge in [-0.3, -0.25) is 4.90 Å². The highest BCUT2D eigenvalue weighted by molar-refractivity contribution is 7.10. The lowest BCUT2D eigenvalue weighted by atomic mass is 10.2. The highest BCUT2D eigenvalue weighted by atomic mass is 32.1. The van der Waals surface area contributed by atoms with Gasteiger partial charge in [-0.25, -0.2) is 0 Å². The molecule has 1 fully saturated rings. The van der Waals surface area contributed by atoms with E-state index in [9.17, 15) is 0 Å². The SMILES string of the molecule is CC(C)N(Cc1cc(C#CCO)cs1)CC1CC1. The maximum Gasteiger partial charge on any atom is 0.104 e. The lowest BCUT2D eigenvalue weighted by Crippen LogP contribution is -2.31. The molecule has 98 valence electrons. The summed E-state index contributed by atoms with van der Waals surface area (Å²) in [6.45, 7) is 6.72. The van der Waals surface area contributed by atoms with Crippen molar-refractivity contribution in [1.82, 2.24) is 4.90 Å². The van der Waals surface area contributed by atoms with Crippen molar-refractivity contribution in [2.45, 2.75) is 39.3 Å². The molecule has 1 aromatic heterocycles. The molecule has 0 aliphatic heterocycles. The predicted octanol–water partition coefficient (Wildman–Crippen LogP) is 2.71. The van der Waals surface area contributed by atoms with Crippen molar-refractivity contribution < 1.29 is 5.11 Å². The number of nitrogens with zero attached hydrogens (tertiary/aromatic N) is 1. The second-order valence-electron chi connectivity index (χ2n) is 5.23. The van der Waals surface area contributed by atoms with Crippen LogP contribution >= 0.6 is 11.3 Å². The molecule has 0 atom stereocenters. The van der Waals surface area contributed by atoms with Crippen molar-refractivity contribution in [1.29, 1.82) is 0 Å². The van der Waals surface area contributed by atoms with Gasteiger partial charge >= 0.3 is 0 Å². The van der Waals surface area contributed by atoms with Crippen LogP contribution in [0.4, 0.5) is 0 Å². The van der Waals surface area contributed by atoms with E-state index in [2.05, 4.69) is 42.0 Å². The van der Waals surface area contributed by atoms with Crippen LogP contribution < -0.4 is 0 Å². The van der Waals surface area contributed by atoms with E-state index >= 15 is 0 Å². The van der Waals surface area contributed by atoms with E-state index < -0.39 is 0 Å². The third kappa shape index (κ3) is 4.13. The van der Waals surface area contributed by atoms with E-state index in [0.717, 1.165) is 18.0 Å². The van der Waals surface area contributed by atoms with Crippen LogP contribution in [0.5, 0.6) is 0 Å². The van der Waals surface area contributed by atoms with Crippen LogP contribution in [0.25, 0.3) is 0 Å². The first kappa shape index (κ1) is 13.6. The highest BCUT2D eigenvalue weighted by Crippen LogP contribution is 2.31. The summed E-state index contributed by atoms with van der Waals surface area (Å²) in [5.74, 6) is 6.59. The lowest BCUT2D eigenvalue weighted by Gasteiger charge is -2.25. The van der Waals surface area contributed by atoms with E-state index in [4.69, 9.17) is 5.11 Å². The quantitative estimate of drug-likeness (QED) is 0.826. The van der Waals surface area contributed by atoms with Crippen molar-refractivity contribution in [3.63, 3.8) is 0 Å². The van der Waals surface area contributed by atoms with E-state index in [1.807, 2.05) is 0 Å². The molecule has 18 heavy (non-hydrogen) atoms. The molecule has 1 aromatic rings. The Balaban J connectivity index is 1.95. The molecule has 2 nitrogen and oxygen atoms in total. The van der Waals surface area contributed by atoms with Crippen molar-refractivity contribution in [2.24, 2.45) is 5.92 Å². The van der Waals surface area contributed by atoms with Crippen molar-refractivity contribution in [2.75, 3.05) is 13.2 Å². The first-order chi connectivity index (χ1) is 8.69. The number of hydrogen-bond acceptors (Lipinski definition) is 3. The van der Waals surface area contributed by atoms with Gasteiger partial charge in [0, 0.05) is 35.0 Å². The summed E-state index contributed by atoms with van der Waals surface area (Å²) in [5, 5.41) is 10.8. The molecule has 0 spiro atoms. The zero-order chi connectivity index (χ0) is 13.0. The third-order valence-corrected chi connectivity index (χ3v) is 4.17. The summed E-state index contributed by atoms with van der Waals surface area (Å²) >= 11 is 1.77. The monoisotopic (exact) mass is 263 g/mol. The van der Waals surface area contributed by atoms with Gasteiger partial charge in [-0.15, -0.1) is 11.3 Å². The zero-order valence-electron chi connectivity index (χ0n) is 11.1. The molecule has 1 saturated carbocycles. The number of aliphatic hydroxyl groups is 1. The molecule has 0 saturated heterocycles. The molecular weight excluding hydrogens is 242 g/mol. The standard InChI is InChI=1S/C15H21NOS/c1-12(2)16(9-13-5-6-13)10-15-8-14(11-18-15)4-3-7-17/h8,11-13,17H,5-7,9-10H2,1-2H3. The largest absolute Gasteiger partial charge is 0.384 e. The first-order valence-electron chi connectivity index (χ1n) is 6.60. The summed E-state index contributed by atoms with van der Waals surface area (Å²) in [6, 6.07) is 2.75. The summed E-state index contributed by atoms with van der Waals surface area (Å²) < 4.78 is 0. The fourth-order valence-electron chi connectivity index (χ4n) is 1.96. The fourth-order valence-corrected chi connectivity index (χ4v) is 2.80. The Labute approximate surface area is 114 Å². The Hall–Kier alpha value is -0.820. The van der Waals surface area contributed by atoms with Crippen LogP contribution in [0.15, 0.2) is 11.4 Å². The molecule has 1 heterocycles. The van der Waals surface area contributed by atoms with Crippen LogP contribution in [0, 0.1) is 17.8 Å². The topological polar surface area (TPSA) is 23.5 Å². The Morgan fingerprint density at radius 2 is 2.28 bits per heavy atom. The average molecular weight is 263 g/mol. The zero-order valence-corrected chi connectivity index (χ0v) is 12.0. The number of rotatable bonds is 5. The van der Waals surface area contributed by atoms with Gasteiger partial charge in [-0.05, 0) is 38.7 Å². The van der Waals surface area contributed by atoms with E-state index in [1.54, 1.807) is 11.3 Å². The second-order valence-corrected chi connectivity index (χ2v) is 6.22. The summed E-state index contributed by atoms with van der Waals surface area (Å²) in [6.07, 6.45) is 2.81. The van der Waals surface area contributed by atoms with Gasteiger partial charge in [-0.1, -0.05) is 11.8 Å². The normalized spacial score (nSPS) is 14.9. The van der Waals surface area contributed by atoms with E-state index in [-0.39, 0.29) is 6.61 Å². The van der Waals surface area contributed by atoms with Gasteiger partial charge in [-0.2, -0.15) is 0 Å². The molecule has 0 aromatic carbocycles. The second kappa shape index (κ2) is 6.38. The molecule has 1 N–H and O–H groups in total. The maximum absolute atomic E-state index is 8.68. The van der Waals surface area contributed by atoms with Crippen LogP contribution in [0.3, 0.4) is 0 Å². The van der Waals surface area contributed by atoms with Gasteiger partial charge < -0.3 is 5.11 Å². The Kier molecular flexibility index (Phi) is 4.82. The Bertz CT molecular complexity index is 437. The minimum Gasteiger partial charge on any atom is -0.384 e. The number of aliphatic hydroxyl groups excluding tert-OH is 1. The Morgan fingerprint density at radius 3 is 2.89 bits per heavy atom. The first-order valence-corrected chi connectivity index (χ1v) is 7.48. The molecule has 1 aliphatic rings. The third-order valence-electron chi connectivity index (χ3n) is 3.24. The predicted molar refractivity (Wildman–Crippen MR) is 76.6 cm³/mol. The molecule has 0 amide bonds. The summed E-state index contributed by atoms with van der Waals surface area (Å²) in [7, 11) is 0. The lowest BCUT2D eigenvalue weighted by molar-refractivity contribution is 0.205. The molecule has 0 unspecified atom stereocenters. The van der Waals surface area contributed by atoms with E-state index in [1.165, 1.54) is 24.3 Å². The maximum atomic E-state index is 8.68. The molecule has 1 aliphatic carbocycles. The fraction of sp³-hybridized carbons (Fsp3) is 0.600. The Morgan fingerprint density at radius 1 is 1.50 bits per heavy atom. The van der Waals surface area contributed by atoms with Crippen molar-refractivity contribution in [3.8, 4) is 11.8 Å². The van der Waals surface area contributed by atoms with Gasteiger partial charge in [0.1, 0.15) is 6.61 Å². The van der Waals surface area contributed by atoms with Crippen LogP contribution in [0.1, 0.15) is 37.1 Å². The van der Waals surface area contributed by atoms with Crippen LogP contribution in [0.2, 0.25) is 0 Å².